The molecule has 0 aromatic rings. The van der Waals surface area contributed by atoms with Crippen molar-refractivity contribution in [1.29, 1.82) is 0 Å². The molecule has 0 radical (unpaired) electrons. The highest BCUT2D eigenvalue weighted by Gasteiger charge is 2.58. The molecule has 3 rings (SSSR count). The topological polar surface area (TPSA) is 129 Å². The van der Waals surface area contributed by atoms with Crippen LogP contribution in [-0.2, 0) is 33.3 Å². The molecule has 0 aromatic carbocycles. The number of fused-ring (bicyclic) bond motifs is 3. The van der Waals surface area contributed by atoms with E-state index in [4.69, 9.17) is 18.9 Å². The fourth-order valence-electron chi connectivity index (χ4n) is 3.97. The molecule has 1 saturated heterocycles. The zero-order valence-corrected chi connectivity index (χ0v) is 18.3. The molecule has 2 bridgehead atoms. The quantitative estimate of drug-likeness (QED) is 0.383. The van der Waals surface area contributed by atoms with Gasteiger partial charge in [-0.15, -0.1) is 0 Å². The van der Waals surface area contributed by atoms with Crippen LogP contribution in [0, 0.1) is 0 Å². The van der Waals surface area contributed by atoms with E-state index >= 15 is 0 Å². The minimum atomic E-state index is -1.90. The van der Waals surface area contributed by atoms with Crippen molar-refractivity contribution in [1.82, 2.24) is 0 Å². The van der Waals surface area contributed by atoms with Gasteiger partial charge in [-0.05, 0) is 40.2 Å². The number of hydrogen-bond acceptors (Lipinski definition) is 9. The summed E-state index contributed by atoms with van der Waals surface area (Å²) in [4.78, 5) is 36.5. The van der Waals surface area contributed by atoms with Gasteiger partial charge in [-0.1, -0.05) is 6.08 Å². The molecule has 0 spiro atoms. The molecule has 3 aliphatic heterocycles. The normalized spacial score (nSPS) is 35.5. The minimum absolute atomic E-state index is 0.00143. The van der Waals surface area contributed by atoms with Crippen molar-refractivity contribution in [2.75, 3.05) is 6.61 Å². The van der Waals surface area contributed by atoms with E-state index in [1.807, 2.05) is 0 Å². The van der Waals surface area contributed by atoms with E-state index in [-0.39, 0.29) is 36.4 Å². The van der Waals surface area contributed by atoms with Crippen LogP contribution in [0.5, 0.6) is 0 Å². The molecule has 0 aromatic heterocycles. The summed E-state index contributed by atoms with van der Waals surface area (Å²) in [6, 6.07) is 0. The fraction of sp³-hybridized carbons (Fsp3) is 0.591. The first-order valence-electron chi connectivity index (χ1n) is 10.1. The Balaban J connectivity index is 2.17. The van der Waals surface area contributed by atoms with Gasteiger partial charge in [0.2, 0.25) is 0 Å². The van der Waals surface area contributed by atoms with E-state index in [0.717, 1.165) is 0 Å². The van der Waals surface area contributed by atoms with E-state index in [1.165, 1.54) is 19.9 Å². The Kier molecular flexibility index (Phi) is 5.90. The lowest BCUT2D eigenvalue weighted by atomic mass is 9.82. The molecule has 9 nitrogen and oxygen atoms in total. The maximum atomic E-state index is 12.6. The maximum Gasteiger partial charge on any atom is 0.343 e. The zero-order valence-electron chi connectivity index (χ0n) is 18.3. The van der Waals surface area contributed by atoms with Gasteiger partial charge in [-0.25, -0.2) is 9.59 Å². The summed E-state index contributed by atoms with van der Waals surface area (Å²) < 4.78 is 21.9. The van der Waals surface area contributed by atoms with Gasteiger partial charge in [0.15, 0.2) is 5.79 Å². The number of rotatable bonds is 4. The van der Waals surface area contributed by atoms with Crippen LogP contribution in [0.3, 0.4) is 0 Å². The molecule has 31 heavy (non-hydrogen) atoms. The molecule has 9 heteroatoms. The summed E-state index contributed by atoms with van der Waals surface area (Å²) in [6.07, 6.45) is 2.13. The molecular formula is C22H28O9. The Morgan fingerprint density at radius 3 is 2.55 bits per heavy atom. The average molecular weight is 436 g/mol. The first-order chi connectivity index (χ1) is 14.3. The lowest BCUT2D eigenvalue weighted by molar-refractivity contribution is -0.298. The minimum Gasteiger partial charge on any atom is -0.461 e. The molecule has 4 unspecified atom stereocenters. The van der Waals surface area contributed by atoms with Crippen molar-refractivity contribution in [2.24, 2.45) is 0 Å². The average Bonchev–Trinajstić information content (AvgIpc) is 3.14. The molecule has 0 saturated carbocycles. The van der Waals surface area contributed by atoms with Gasteiger partial charge in [-0.2, -0.15) is 0 Å². The number of ether oxygens (including phenoxy) is 4. The largest absolute Gasteiger partial charge is 0.461 e. The first kappa shape index (κ1) is 23.2. The third-order valence-corrected chi connectivity index (χ3v) is 6.01. The van der Waals surface area contributed by atoms with Crippen LogP contribution in [0.15, 0.2) is 34.6 Å². The van der Waals surface area contributed by atoms with Crippen LogP contribution >= 0.6 is 0 Å². The summed E-state index contributed by atoms with van der Waals surface area (Å²) in [5, 5.41) is 22.3. The van der Waals surface area contributed by atoms with Crippen molar-refractivity contribution in [3.8, 4) is 0 Å². The summed E-state index contributed by atoms with van der Waals surface area (Å²) in [6.45, 7) is 7.13. The number of aliphatic hydroxyl groups is 2. The van der Waals surface area contributed by atoms with E-state index < -0.39 is 41.0 Å². The van der Waals surface area contributed by atoms with Crippen LogP contribution in [0.4, 0.5) is 0 Å². The highest BCUT2D eigenvalue weighted by atomic mass is 16.7. The number of allylic oxidation sites excluding steroid dienone is 1. The van der Waals surface area contributed by atoms with Gasteiger partial charge in [0.05, 0.1) is 11.2 Å². The third-order valence-electron chi connectivity index (χ3n) is 6.01. The lowest BCUT2D eigenvalue weighted by Crippen LogP contribution is -2.54. The van der Waals surface area contributed by atoms with Gasteiger partial charge < -0.3 is 29.2 Å². The monoisotopic (exact) mass is 436 g/mol. The van der Waals surface area contributed by atoms with Crippen molar-refractivity contribution in [2.45, 2.75) is 77.0 Å². The molecule has 170 valence electrons. The molecule has 0 amide bonds. The third kappa shape index (κ3) is 4.30. The second-order valence-corrected chi connectivity index (χ2v) is 8.61. The van der Waals surface area contributed by atoms with Crippen LogP contribution < -0.4 is 0 Å². The maximum absolute atomic E-state index is 12.6. The molecule has 0 aliphatic carbocycles. The zero-order chi connectivity index (χ0) is 23.2. The Morgan fingerprint density at radius 1 is 1.26 bits per heavy atom. The molecule has 2 N–H and O–H groups in total. The van der Waals surface area contributed by atoms with E-state index in [2.05, 4.69) is 0 Å². The van der Waals surface area contributed by atoms with Gasteiger partial charge in [-0.3, -0.25) is 4.79 Å². The van der Waals surface area contributed by atoms with Gasteiger partial charge >= 0.3 is 17.9 Å². The Morgan fingerprint density at radius 2 is 1.94 bits per heavy atom. The van der Waals surface area contributed by atoms with Gasteiger partial charge in [0.1, 0.15) is 24.1 Å². The Labute approximate surface area is 180 Å². The highest BCUT2D eigenvalue weighted by Crippen LogP contribution is 2.49. The number of carbonyl (C=O) groups is 3. The lowest BCUT2D eigenvalue weighted by Gasteiger charge is -2.40. The van der Waals surface area contributed by atoms with Crippen molar-refractivity contribution in [3.05, 3.63) is 34.6 Å². The SMILES string of the molecule is CC=C(C)C(=O)OC1CC(C)(O)C2(O)CCC(C)(C=C3OC(=O)C(COC(C)=O)=C31)O2. The van der Waals surface area contributed by atoms with Crippen LogP contribution in [-0.4, -0.2) is 57.8 Å². The van der Waals surface area contributed by atoms with Crippen molar-refractivity contribution in [3.63, 3.8) is 0 Å². The van der Waals surface area contributed by atoms with E-state index in [1.54, 1.807) is 26.8 Å². The smallest absolute Gasteiger partial charge is 0.343 e. The summed E-state index contributed by atoms with van der Waals surface area (Å²) in [5.41, 5.74) is -2.38. The van der Waals surface area contributed by atoms with Gasteiger partial charge in [0.25, 0.3) is 0 Å². The molecule has 3 aliphatic rings. The second kappa shape index (κ2) is 7.89. The fourth-order valence-corrected chi connectivity index (χ4v) is 3.97. The first-order valence-corrected chi connectivity index (χ1v) is 10.1. The van der Waals surface area contributed by atoms with Crippen LogP contribution in [0.25, 0.3) is 0 Å². The number of esters is 3. The molecular weight excluding hydrogens is 408 g/mol. The molecule has 4 atom stereocenters. The predicted octanol–water partition coefficient (Wildman–Crippen LogP) is 1.58. The Hall–Kier alpha value is -2.49. The summed E-state index contributed by atoms with van der Waals surface area (Å²) >= 11 is 0. The standard InChI is InChI=1S/C22H28O9/c1-6-12(2)18(24)29-16-10-21(5,26)22(27)8-7-20(4,31-22)9-15-17(16)14(19(25)30-15)11-28-13(3)23/h6,9,16,26-27H,7-8,10-11H2,1-5H3. The predicted molar refractivity (Wildman–Crippen MR) is 106 cm³/mol. The summed E-state index contributed by atoms with van der Waals surface area (Å²) in [7, 11) is 0. The van der Waals surface area contributed by atoms with Gasteiger partial charge in [0, 0.05) is 30.9 Å². The number of carbonyl (C=O) groups excluding carboxylic acids is 3. The highest BCUT2D eigenvalue weighted by molar-refractivity contribution is 5.96. The van der Waals surface area contributed by atoms with E-state index in [9.17, 15) is 24.6 Å². The molecule has 1 fully saturated rings. The Bertz CT molecular complexity index is 910. The van der Waals surface area contributed by atoms with Crippen LogP contribution in [0.2, 0.25) is 0 Å². The van der Waals surface area contributed by atoms with E-state index in [0.29, 0.717) is 12.0 Å². The molecule has 3 heterocycles. The summed E-state index contributed by atoms with van der Waals surface area (Å²) in [5.74, 6) is -3.82. The van der Waals surface area contributed by atoms with Crippen molar-refractivity contribution >= 4 is 17.9 Å². The second-order valence-electron chi connectivity index (χ2n) is 8.61. The van der Waals surface area contributed by atoms with Crippen LogP contribution in [0.1, 0.15) is 53.9 Å². The number of hydrogen-bond donors (Lipinski definition) is 2. The van der Waals surface area contributed by atoms with Crippen molar-refractivity contribution < 1.29 is 43.5 Å².